The summed E-state index contributed by atoms with van der Waals surface area (Å²) in [4.78, 5) is 0. The van der Waals surface area contributed by atoms with Crippen LogP contribution in [0.4, 0.5) is 0 Å². The number of allylic oxidation sites excluding steroid dienone is 1. The Balaban J connectivity index is 2.54. The van der Waals surface area contributed by atoms with Crippen LogP contribution in [0.5, 0.6) is 0 Å². The molecule has 0 spiro atoms. The molecule has 3 nitrogen and oxygen atoms in total. The number of hydrogen-bond acceptors (Lipinski definition) is 3. The topological polar surface area (TPSA) is 56.4 Å². The molecule has 0 aromatic heterocycles. The lowest BCUT2D eigenvalue weighted by Gasteiger charge is -2.16. The van der Waals surface area contributed by atoms with Crippen molar-refractivity contribution in [3.8, 4) is 0 Å². The van der Waals surface area contributed by atoms with E-state index in [1.165, 1.54) is 0 Å². The largest absolute Gasteiger partial charge is 0.387 e. The van der Waals surface area contributed by atoms with E-state index in [2.05, 4.69) is 5.11 Å². The Bertz CT molecular complexity index is 133. The quantitative estimate of drug-likeness (QED) is 0.401. The van der Waals surface area contributed by atoms with Crippen molar-refractivity contribution in [2.75, 3.05) is 0 Å². The van der Waals surface area contributed by atoms with Crippen LogP contribution in [-0.2, 0) is 0 Å². The molecular formula is C6H10N2O. The van der Waals surface area contributed by atoms with Crippen molar-refractivity contribution in [3.63, 3.8) is 0 Å². The third-order valence-electron chi connectivity index (χ3n) is 1.52. The van der Waals surface area contributed by atoms with Crippen molar-refractivity contribution >= 4 is 0 Å². The summed E-state index contributed by atoms with van der Waals surface area (Å²) in [7, 11) is 0. The van der Waals surface area contributed by atoms with Crippen molar-refractivity contribution in [1.82, 2.24) is 0 Å². The maximum Gasteiger partial charge on any atom is 0.100 e. The van der Waals surface area contributed by atoms with E-state index in [1.54, 1.807) is 6.08 Å². The molecule has 50 valence electrons. The van der Waals surface area contributed by atoms with Gasteiger partial charge >= 0.3 is 0 Å². The van der Waals surface area contributed by atoms with Crippen molar-refractivity contribution in [3.05, 3.63) is 12.2 Å². The molecule has 2 N–H and O–H groups in total. The minimum absolute atomic E-state index is 0.185. The Morgan fingerprint density at radius 3 is 2.89 bits per heavy atom. The SMILES string of the molecule is N=NC1CCC=CC1O. The normalized spacial score (nSPS) is 34.3. The van der Waals surface area contributed by atoms with E-state index in [9.17, 15) is 0 Å². The van der Waals surface area contributed by atoms with Crippen LogP contribution >= 0.6 is 0 Å². The first kappa shape index (κ1) is 6.42. The van der Waals surface area contributed by atoms with E-state index in [4.69, 9.17) is 10.6 Å². The van der Waals surface area contributed by atoms with Crippen LogP contribution in [0.2, 0.25) is 0 Å². The third kappa shape index (κ3) is 1.36. The molecule has 1 aliphatic carbocycles. The zero-order valence-electron chi connectivity index (χ0n) is 5.12. The van der Waals surface area contributed by atoms with Crippen molar-refractivity contribution in [2.45, 2.75) is 25.0 Å². The second kappa shape index (κ2) is 2.73. The van der Waals surface area contributed by atoms with E-state index in [0.29, 0.717) is 0 Å². The second-order valence-electron chi connectivity index (χ2n) is 2.19. The highest BCUT2D eigenvalue weighted by molar-refractivity contribution is 4.99. The first-order valence-corrected chi connectivity index (χ1v) is 3.06. The summed E-state index contributed by atoms with van der Waals surface area (Å²) in [6, 6.07) is -0.185. The van der Waals surface area contributed by atoms with Gasteiger partial charge in [0.15, 0.2) is 0 Å². The molecule has 0 amide bonds. The van der Waals surface area contributed by atoms with E-state index < -0.39 is 6.10 Å². The van der Waals surface area contributed by atoms with E-state index >= 15 is 0 Å². The minimum Gasteiger partial charge on any atom is -0.387 e. The molecule has 0 bridgehead atoms. The third-order valence-corrected chi connectivity index (χ3v) is 1.52. The molecule has 9 heavy (non-hydrogen) atoms. The van der Waals surface area contributed by atoms with Gasteiger partial charge in [0.2, 0.25) is 0 Å². The number of aliphatic hydroxyl groups excluding tert-OH is 1. The first-order chi connectivity index (χ1) is 4.34. The van der Waals surface area contributed by atoms with E-state index in [0.717, 1.165) is 12.8 Å². The fourth-order valence-electron chi connectivity index (χ4n) is 0.943. The lowest BCUT2D eigenvalue weighted by molar-refractivity contribution is 0.177. The summed E-state index contributed by atoms with van der Waals surface area (Å²) in [5.41, 5.74) is 6.66. The standard InChI is InChI=1S/C6H10N2O/c7-8-5-3-1-2-4-6(5)9/h2,4-7,9H,1,3H2. The Hall–Kier alpha value is -0.700. The average molecular weight is 126 g/mol. The zero-order valence-corrected chi connectivity index (χ0v) is 5.12. The van der Waals surface area contributed by atoms with Gasteiger partial charge in [0.05, 0.1) is 6.10 Å². The summed E-state index contributed by atoms with van der Waals surface area (Å²) >= 11 is 0. The van der Waals surface area contributed by atoms with Gasteiger partial charge in [-0.15, -0.1) is 0 Å². The Morgan fingerprint density at radius 2 is 2.44 bits per heavy atom. The van der Waals surface area contributed by atoms with Crippen LogP contribution in [0.25, 0.3) is 0 Å². The summed E-state index contributed by atoms with van der Waals surface area (Å²) in [5, 5.41) is 12.3. The lowest BCUT2D eigenvalue weighted by Crippen LogP contribution is -2.23. The molecule has 1 rings (SSSR count). The smallest absolute Gasteiger partial charge is 0.100 e. The zero-order chi connectivity index (χ0) is 6.69. The first-order valence-electron chi connectivity index (χ1n) is 3.06. The van der Waals surface area contributed by atoms with Crippen LogP contribution in [0.1, 0.15) is 12.8 Å². The number of hydrogen-bond donors (Lipinski definition) is 2. The minimum atomic E-state index is -0.517. The van der Waals surface area contributed by atoms with Crippen molar-refractivity contribution in [2.24, 2.45) is 5.11 Å². The van der Waals surface area contributed by atoms with Gasteiger partial charge in [0.25, 0.3) is 0 Å². The van der Waals surface area contributed by atoms with E-state index in [1.807, 2.05) is 6.08 Å². The van der Waals surface area contributed by atoms with Gasteiger partial charge in [-0.2, -0.15) is 5.11 Å². The van der Waals surface area contributed by atoms with Gasteiger partial charge in [-0.1, -0.05) is 12.2 Å². The molecule has 0 aromatic carbocycles. The van der Waals surface area contributed by atoms with Gasteiger partial charge in [-0.3, -0.25) is 0 Å². The predicted octanol–water partition coefficient (Wildman–Crippen LogP) is 1.10. The molecule has 0 fully saturated rings. The van der Waals surface area contributed by atoms with Crippen molar-refractivity contribution < 1.29 is 5.11 Å². The van der Waals surface area contributed by atoms with Crippen LogP contribution in [-0.4, -0.2) is 17.3 Å². The molecule has 2 unspecified atom stereocenters. The molecular weight excluding hydrogens is 116 g/mol. The summed E-state index contributed by atoms with van der Waals surface area (Å²) < 4.78 is 0. The van der Waals surface area contributed by atoms with Crippen LogP contribution in [0.3, 0.4) is 0 Å². The molecule has 0 saturated carbocycles. The van der Waals surface area contributed by atoms with Gasteiger partial charge in [0.1, 0.15) is 6.04 Å². The molecule has 0 saturated heterocycles. The number of rotatable bonds is 1. The molecule has 1 aliphatic rings. The van der Waals surface area contributed by atoms with E-state index in [-0.39, 0.29) is 6.04 Å². The number of nitrogens with one attached hydrogen (secondary N) is 1. The average Bonchev–Trinajstić information content (AvgIpc) is 1.89. The summed E-state index contributed by atoms with van der Waals surface area (Å²) in [5.74, 6) is 0. The highest BCUT2D eigenvalue weighted by Crippen LogP contribution is 2.13. The molecule has 0 heterocycles. The summed E-state index contributed by atoms with van der Waals surface area (Å²) in [6.07, 6.45) is 4.85. The second-order valence-corrected chi connectivity index (χ2v) is 2.19. The Kier molecular flexibility index (Phi) is 1.95. The molecule has 2 atom stereocenters. The van der Waals surface area contributed by atoms with Crippen molar-refractivity contribution in [1.29, 1.82) is 5.53 Å². The fourth-order valence-corrected chi connectivity index (χ4v) is 0.943. The van der Waals surface area contributed by atoms with Gasteiger partial charge in [0, 0.05) is 0 Å². The van der Waals surface area contributed by atoms with Gasteiger partial charge in [-0.25, -0.2) is 5.53 Å². The molecule has 0 aliphatic heterocycles. The number of nitrogens with zero attached hydrogens (tertiary/aromatic N) is 1. The molecule has 3 heteroatoms. The Labute approximate surface area is 53.9 Å². The lowest BCUT2D eigenvalue weighted by atomic mass is 10.0. The van der Waals surface area contributed by atoms with Crippen LogP contribution in [0, 0.1) is 5.53 Å². The summed E-state index contributed by atoms with van der Waals surface area (Å²) in [6.45, 7) is 0. The van der Waals surface area contributed by atoms with Gasteiger partial charge in [-0.05, 0) is 12.8 Å². The monoisotopic (exact) mass is 126 g/mol. The van der Waals surface area contributed by atoms with Gasteiger partial charge < -0.3 is 5.11 Å². The highest BCUT2D eigenvalue weighted by Gasteiger charge is 2.17. The fraction of sp³-hybridized carbons (Fsp3) is 0.667. The number of aliphatic hydroxyl groups is 1. The van der Waals surface area contributed by atoms with Crippen LogP contribution < -0.4 is 0 Å². The maximum absolute atomic E-state index is 9.07. The Morgan fingerprint density at radius 1 is 1.67 bits per heavy atom. The highest BCUT2D eigenvalue weighted by atomic mass is 16.3. The van der Waals surface area contributed by atoms with Crippen LogP contribution in [0.15, 0.2) is 17.3 Å². The maximum atomic E-state index is 9.07. The molecule has 0 radical (unpaired) electrons. The predicted molar refractivity (Wildman–Crippen MR) is 33.3 cm³/mol. The molecule has 0 aromatic rings.